The van der Waals surface area contributed by atoms with Gasteiger partial charge in [0.2, 0.25) is 0 Å². The van der Waals surface area contributed by atoms with Gasteiger partial charge in [0.05, 0.1) is 0 Å². The number of aryl methyl sites for hydroxylation is 2. The second-order valence-corrected chi connectivity index (χ2v) is 5.24. The van der Waals surface area contributed by atoms with Crippen LogP contribution in [0.2, 0.25) is 0 Å². The molecule has 0 radical (unpaired) electrons. The molecular weight excluding hydrogens is 304 g/mol. The molecule has 14 heavy (non-hydrogen) atoms. The van der Waals surface area contributed by atoms with E-state index in [0.29, 0.717) is 0 Å². The van der Waals surface area contributed by atoms with E-state index in [1.54, 1.807) is 0 Å². The van der Waals surface area contributed by atoms with Crippen molar-refractivity contribution in [1.29, 1.82) is 0 Å². The van der Waals surface area contributed by atoms with Gasteiger partial charge < -0.3 is 0 Å². The Hall–Kier alpha value is 0.180. The van der Waals surface area contributed by atoms with Crippen LogP contribution in [-0.2, 0) is 12.8 Å². The average molecular weight is 320 g/mol. The van der Waals surface area contributed by atoms with Crippen LogP contribution >= 0.6 is 31.9 Å². The largest absolute Gasteiger partial charge is 0.0651 e. The molecule has 1 aromatic carbocycles. The molecule has 0 saturated carbocycles. The quantitative estimate of drug-likeness (QED) is 0.722. The maximum Gasteiger partial charge on any atom is 0.0320 e. The van der Waals surface area contributed by atoms with Crippen LogP contribution in [0.25, 0.3) is 0 Å². The van der Waals surface area contributed by atoms with Gasteiger partial charge in [0.15, 0.2) is 0 Å². The van der Waals surface area contributed by atoms with Crippen molar-refractivity contribution in [2.75, 3.05) is 0 Å². The van der Waals surface area contributed by atoms with Crippen molar-refractivity contribution in [3.63, 3.8) is 0 Å². The Morgan fingerprint density at radius 2 is 1.21 bits per heavy atom. The van der Waals surface area contributed by atoms with E-state index >= 15 is 0 Å². The van der Waals surface area contributed by atoms with Gasteiger partial charge in [-0.05, 0) is 68.0 Å². The second kappa shape index (κ2) is 5.92. The molecule has 0 bridgehead atoms. The van der Waals surface area contributed by atoms with E-state index in [1.807, 2.05) is 0 Å². The summed E-state index contributed by atoms with van der Waals surface area (Å²) in [5.74, 6) is 0. The molecule has 2 heteroatoms. The lowest BCUT2D eigenvalue weighted by Crippen LogP contribution is -1.94. The third-order valence-corrected chi connectivity index (χ3v) is 4.13. The summed E-state index contributed by atoms with van der Waals surface area (Å²) in [5.41, 5.74) is 2.98. The number of hydrogen-bond donors (Lipinski definition) is 0. The molecule has 0 nitrogen and oxygen atoms in total. The lowest BCUT2D eigenvalue weighted by molar-refractivity contribution is 0.859. The van der Waals surface area contributed by atoms with E-state index in [1.165, 1.54) is 45.8 Å². The highest BCUT2D eigenvalue weighted by atomic mass is 79.9. The van der Waals surface area contributed by atoms with Crippen molar-refractivity contribution in [2.24, 2.45) is 0 Å². The van der Waals surface area contributed by atoms with Crippen LogP contribution in [0, 0.1) is 0 Å². The normalized spacial score (nSPS) is 10.6. The minimum absolute atomic E-state index is 1.17. The fourth-order valence-corrected chi connectivity index (χ4v) is 2.41. The van der Waals surface area contributed by atoms with Crippen LogP contribution < -0.4 is 0 Å². The summed E-state index contributed by atoms with van der Waals surface area (Å²) in [4.78, 5) is 0. The summed E-state index contributed by atoms with van der Waals surface area (Å²) in [6.07, 6.45) is 4.79. The molecule has 1 aromatic rings. The van der Waals surface area contributed by atoms with E-state index < -0.39 is 0 Å². The SMILES string of the molecule is CCCc1cc(Br)c(Br)cc1CCC. The molecule has 78 valence electrons. The zero-order chi connectivity index (χ0) is 10.6. The zero-order valence-corrected chi connectivity index (χ0v) is 11.9. The smallest absolute Gasteiger partial charge is 0.0320 e. The first-order valence-corrected chi connectivity index (χ1v) is 6.74. The highest BCUT2D eigenvalue weighted by Crippen LogP contribution is 2.28. The molecule has 0 spiro atoms. The van der Waals surface area contributed by atoms with Crippen molar-refractivity contribution in [3.05, 3.63) is 32.2 Å². The Labute approximate surface area is 103 Å². The summed E-state index contributed by atoms with van der Waals surface area (Å²) in [5, 5.41) is 0. The summed E-state index contributed by atoms with van der Waals surface area (Å²) < 4.78 is 2.33. The Kier molecular flexibility index (Phi) is 5.18. The van der Waals surface area contributed by atoms with Crippen molar-refractivity contribution in [3.8, 4) is 0 Å². The topological polar surface area (TPSA) is 0 Å². The molecule has 0 saturated heterocycles. The lowest BCUT2D eigenvalue weighted by atomic mass is 10.00. The van der Waals surface area contributed by atoms with Gasteiger partial charge in [-0.15, -0.1) is 0 Å². The first kappa shape index (κ1) is 12.3. The molecule has 0 heterocycles. The summed E-state index contributed by atoms with van der Waals surface area (Å²) in [6.45, 7) is 4.46. The standard InChI is InChI=1S/C12H16Br2/c1-3-5-9-7-11(13)12(14)8-10(9)6-4-2/h7-8H,3-6H2,1-2H3. The van der Waals surface area contributed by atoms with Gasteiger partial charge in [-0.2, -0.15) is 0 Å². The molecule has 0 fully saturated rings. The fraction of sp³-hybridized carbons (Fsp3) is 0.500. The van der Waals surface area contributed by atoms with Gasteiger partial charge in [-0.1, -0.05) is 26.7 Å². The Morgan fingerprint density at radius 1 is 0.857 bits per heavy atom. The van der Waals surface area contributed by atoms with Crippen LogP contribution in [0.1, 0.15) is 37.8 Å². The molecule has 0 aliphatic carbocycles. The average Bonchev–Trinajstić information content (AvgIpc) is 2.14. The van der Waals surface area contributed by atoms with Crippen molar-refractivity contribution < 1.29 is 0 Å². The maximum atomic E-state index is 3.55. The van der Waals surface area contributed by atoms with Gasteiger partial charge in [-0.25, -0.2) is 0 Å². The predicted octanol–water partition coefficient (Wildman–Crippen LogP) is 5.12. The third-order valence-electron chi connectivity index (χ3n) is 2.28. The van der Waals surface area contributed by atoms with E-state index in [-0.39, 0.29) is 0 Å². The molecule has 0 N–H and O–H groups in total. The highest BCUT2D eigenvalue weighted by Gasteiger charge is 2.05. The first-order valence-electron chi connectivity index (χ1n) is 5.15. The predicted molar refractivity (Wildman–Crippen MR) is 69.8 cm³/mol. The van der Waals surface area contributed by atoms with Crippen molar-refractivity contribution >= 4 is 31.9 Å². The van der Waals surface area contributed by atoms with Crippen LogP contribution in [0.4, 0.5) is 0 Å². The minimum Gasteiger partial charge on any atom is -0.0651 e. The number of hydrogen-bond acceptors (Lipinski definition) is 0. The molecular formula is C12H16Br2. The van der Waals surface area contributed by atoms with Gasteiger partial charge in [0, 0.05) is 8.95 Å². The van der Waals surface area contributed by atoms with E-state index in [2.05, 4.69) is 57.8 Å². The molecule has 0 aliphatic rings. The van der Waals surface area contributed by atoms with E-state index in [4.69, 9.17) is 0 Å². The van der Waals surface area contributed by atoms with Gasteiger partial charge in [0.25, 0.3) is 0 Å². The lowest BCUT2D eigenvalue weighted by Gasteiger charge is -2.10. The monoisotopic (exact) mass is 318 g/mol. The molecule has 0 amide bonds. The Bertz CT molecular complexity index is 274. The van der Waals surface area contributed by atoms with E-state index in [0.717, 1.165) is 0 Å². The molecule has 0 aromatic heterocycles. The Balaban J connectivity index is 3.03. The minimum atomic E-state index is 1.17. The second-order valence-electron chi connectivity index (χ2n) is 3.54. The third kappa shape index (κ3) is 3.09. The van der Waals surface area contributed by atoms with Gasteiger partial charge in [0.1, 0.15) is 0 Å². The van der Waals surface area contributed by atoms with Gasteiger partial charge in [-0.3, -0.25) is 0 Å². The van der Waals surface area contributed by atoms with E-state index in [9.17, 15) is 0 Å². The summed E-state index contributed by atoms with van der Waals surface area (Å²) in [7, 11) is 0. The van der Waals surface area contributed by atoms with Crippen LogP contribution in [0.3, 0.4) is 0 Å². The molecule has 0 aliphatic heterocycles. The number of rotatable bonds is 4. The van der Waals surface area contributed by atoms with Crippen LogP contribution in [0.5, 0.6) is 0 Å². The van der Waals surface area contributed by atoms with Crippen molar-refractivity contribution in [2.45, 2.75) is 39.5 Å². The molecule has 1 rings (SSSR count). The van der Waals surface area contributed by atoms with Crippen LogP contribution in [-0.4, -0.2) is 0 Å². The molecule has 0 atom stereocenters. The number of halogens is 2. The fourth-order valence-electron chi connectivity index (χ4n) is 1.63. The Morgan fingerprint density at radius 3 is 1.50 bits per heavy atom. The van der Waals surface area contributed by atoms with Gasteiger partial charge >= 0.3 is 0 Å². The number of benzene rings is 1. The molecule has 0 unspecified atom stereocenters. The van der Waals surface area contributed by atoms with Crippen LogP contribution in [0.15, 0.2) is 21.1 Å². The maximum absolute atomic E-state index is 3.55. The summed E-state index contributed by atoms with van der Waals surface area (Å²) in [6, 6.07) is 4.50. The highest BCUT2D eigenvalue weighted by molar-refractivity contribution is 9.13. The first-order chi connectivity index (χ1) is 6.69. The zero-order valence-electron chi connectivity index (χ0n) is 8.74. The summed E-state index contributed by atoms with van der Waals surface area (Å²) >= 11 is 7.11. The van der Waals surface area contributed by atoms with Crippen molar-refractivity contribution in [1.82, 2.24) is 0 Å².